The van der Waals surface area contributed by atoms with E-state index < -0.39 is 9.53 Å². The van der Waals surface area contributed by atoms with E-state index in [2.05, 4.69) is 27.7 Å². The zero-order valence-electron chi connectivity index (χ0n) is 31.1. The van der Waals surface area contributed by atoms with Crippen molar-refractivity contribution in [1.29, 1.82) is 0 Å². The quantitative estimate of drug-likeness (QED) is 0.0292. The molecule has 0 rings (SSSR count). The fraction of sp³-hybridized carbons (Fsp3) is 1.00. The van der Waals surface area contributed by atoms with Crippen LogP contribution >= 0.6 is 25.3 Å². The molecule has 45 heavy (non-hydrogen) atoms. The van der Waals surface area contributed by atoms with Gasteiger partial charge < -0.3 is 13.3 Å². The molecule has 0 spiro atoms. The summed E-state index contributed by atoms with van der Waals surface area (Å²) in [6.45, 7) is 11.3. The molecule has 0 aliphatic heterocycles. The average molecular weight is 691 g/mol. The van der Waals surface area contributed by atoms with E-state index in [1.54, 1.807) is 0 Å². The van der Waals surface area contributed by atoms with Gasteiger partial charge in [-0.2, -0.15) is 25.3 Å². The Hall–Kier alpha value is 0.797. The predicted octanol–water partition coefficient (Wildman–Crippen LogP) is 13.7. The van der Waals surface area contributed by atoms with Gasteiger partial charge in [0, 0.05) is 19.8 Å². The minimum absolute atomic E-state index is 0.240. The molecule has 1 atom stereocenters. The van der Waals surface area contributed by atoms with Gasteiger partial charge in [0.2, 0.25) is 0 Å². The van der Waals surface area contributed by atoms with Crippen LogP contribution in [0, 0.1) is 5.92 Å². The molecule has 0 aliphatic rings. The third-order valence-electron chi connectivity index (χ3n) is 9.55. The van der Waals surface area contributed by atoms with Crippen LogP contribution in [0.2, 0.25) is 0 Å². The Balaban J connectivity index is 4.47. The second-order valence-electron chi connectivity index (χ2n) is 13.9. The van der Waals surface area contributed by atoms with Crippen molar-refractivity contribution >= 4 is 34.8 Å². The first kappa shape index (κ1) is 45.8. The Bertz CT molecular complexity index is 540. The molecule has 0 fully saturated rings. The Morgan fingerprint density at radius 3 is 1.07 bits per heavy atom. The van der Waals surface area contributed by atoms with E-state index >= 15 is 0 Å². The van der Waals surface area contributed by atoms with Gasteiger partial charge >= 0.3 is 9.53 Å². The maximum atomic E-state index is 6.39. The van der Waals surface area contributed by atoms with Gasteiger partial charge in [0.05, 0.1) is 4.08 Å². The molecule has 3 nitrogen and oxygen atoms in total. The monoisotopic (exact) mass is 691 g/mol. The first-order chi connectivity index (χ1) is 22.0. The molecule has 0 aliphatic carbocycles. The number of rotatable bonds is 38. The number of unbranched alkanes of at least 4 members (excludes halogenated alkanes) is 24. The van der Waals surface area contributed by atoms with Gasteiger partial charge in [0.1, 0.15) is 0 Å². The summed E-state index contributed by atoms with van der Waals surface area (Å²) in [6, 6.07) is 0. The number of hydrogen-bond donors (Lipinski definition) is 2. The Kier molecular flexibility index (Phi) is 36.7. The lowest BCUT2D eigenvalue weighted by molar-refractivity contribution is 0.0842. The van der Waals surface area contributed by atoms with E-state index in [9.17, 15) is 0 Å². The summed E-state index contributed by atoms with van der Waals surface area (Å²) in [5, 5.41) is 0. The molecule has 6 heteroatoms. The van der Waals surface area contributed by atoms with Crippen molar-refractivity contribution in [3.8, 4) is 0 Å². The molecular formula is C39H82O3S2Si. The minimum atomic E-state index is -2.12. The van der Waals surface area contributed by atoms with Crippen LogP contribution in [-0.4, -0.2) is 33.4 Å². The summed E-state index contributed by atoms with van der Waals surface area (Å²) in [7, 11) is -2.12. The topological polar surface area (TPSA) is 27.7 Å². The van der Waals surface area contributed by atoms with Crippen LogP contribution in [0.4, 0.5) is 0 Å². The summed E-state index contributed by atoms with van der Waals surface area (Å²) < 4.78 is 18.8. The molecule has 0 aromatic rings. The van der Waals surface area contributed by atoms with E-state index in [0.29, 0.717) is 12.5 Å². The summed E-state index contributed by atoms with van der Waals surface area (Å²) in [4.78, 5) is 0. The highest BCUT2D eigenvalue weighted by molar-refractivity contribution is 8.00. The van der Waals surface area contributed by atoms with Crippen LogP contribution in [0.3, 0.4) is 0 Å². The van der Waals surface area contributed by atoms with E-state index in [-0.39, 0.29) is 4.08 Å². The van der Waals surface area contributed by atoms with Crippen LogP contribution in [0.15, 0.2) is 0 Å². The van der Waals surface area contributed by atoms with Crippen molar-refractivity contribution in [3.63, 3.8) is 0 Å². The fourth-order valence-electron chi connectivity index (χ4n) is 6.23. The molecule has 1 unspecified atom stereocenters. The lowest BCUT2D eigenvalue weighted by Crippen LogP contribution is -2.31. The van der Waals surface area contributed by atoms with E-state index in [4.69, 9.17) is 38.5 Å². The largest absolute Gasteiger partial charge is 0.484 e. The van der Waals surface area contributed by atoms with Gasteiger partial charge in [0.25, 0.3) is 0 Å². The van der Waals surface area contributed by atoms with Crippen LogP contribution < -0.4 is 0 Å². The number of hydrogen-bond acceptors (Lipinski definition) is 5. The third-order valence-corrected chi connectivity index (χ3v) is 12.4. The van der Waals surface area contributed by atoms with E-state index in [0.717, 1.165) is 38.9 Å². The lowest BCUT2D eigenvalue weighted by atomic mass is 9.92. The molecule has 0 saturated heterocycles. The zero-order chi connectivity index (χ0) is 33.1. The van der Waals surface area contributed by atoms with Crippen LogP contribution in [0.25, 0.3) is 0 Å². The summed E-state index contributed by atoms with van der Waals surface area (Å²) >= 11 is 9.97. The van der Waals surface area contributed by atoms with E-state index in [1.807, 2.05) is 0 Å². The second kappa shape index (κ2) is 36.1. The molecule has 0 N–H and O–H groups in total. The van der Waals surface area contributed by atoms with Crippen molar-refractivity contribution < 1.29 is 13.3 Å². The molecular weight excluding hydrogens is 609 g/mol. The summed E-state index contributed by atoms with van der Waals surface area (Å²) in [6.07, 6.45) is 39.4. The maximum Gasteiger partial charge on any atom is 0.484 e. The van der Waals surface area contributed by atoms with Gasteiger partial charge in [-0.1, -0.05) is 188 Å². The molecule has 0 aromatic heterocycles. The predicted molar refractivity (Wildman–Crippen MR) is 210 cm³/mol. The third kappa shape index (κ3) is 31.8. The normalized spacial score (nSPS) is 12.9. The smallest absolute Gasteiger partial charge is 0.376 e. The highest BCUT2D eigenvalue weighted by atomic mass is 32.2. The SMILES string of the molecule is CCCCCCCCCCCCO[SiH](OCCCCCCCCCCCC)OCCC(CCCCCCCCC)C(S)(S)CC. The van der Waals surface area contributed by atoms with Crippen molar-refractivity contribution in [3.05, 3.63) is 0 Å². The summed E-state index contributed by atoms with van der Waals surface area (Å²) in [5.74, 6) is 0.448. The van der Waals surface area contributed by atoms with E-state index in [1.165, 1.54) is 167 Å². The number of thiol groups is 2. The molecule has 0 heterocycles. The Labute approximate surface area is 297 Å². The second-order valence-corrected chi connectivity index (χ2v) is 17.4. The minimum Gasteiger partial charge on any atom is -0.376 e. The van der Waals surface area contributed by atoms with Crippen molar-refractivity contribution in [2.75, 3.05) is 19.8 Å². The van der Waals surface area contributed by atoms with Crippen molar-refractivity contribution in [2.24, 2.45) is 5.92 Å². The highest BCUT2D eigenvalue weighted by Crippen LogP contribution is 2.38. The standard InChI is InChI=1S/C39H82O3S2Si/c1-5-9-12-15-18-20-22-25-28-31-35-40-45(41-36-32-29-26-23-21-19-16-13-10-6-2)42-37-34-38(39(43,44)8-4)33-30-27-24-17-14-11-7-3/h38,43-45H,5-37H2,1-4H3. The molecule has 272 valence electrons. The Morgan fingerprint density at radius 2 is 0.711 bits per heavy atom. The van der Waals surface area contributed by atoms with Gasteiger partial charge in [-0.15, -0.1) is 0 Å². The zero-order valence-corrected chi connectivity index (χ0v) is 34.1. The van der Waals surface area contributed by atoms with Gasteiger partial charge in [-0.25, -0.2) is 0 Å². The van der Waals surface area contributed by atoms with Gasteiger partial charge in [-0.3, -0.25) is 0 Å². The van der Waals surface area contributed by atoms with Gasteiger partial charge in [0.15, 0.2) is 0 Å². The first-order valence-corrected chi connectivity index (χ1v) is 22.6. The molecule has 0 amide bonds. The molecule has 0 aromatic carbocycles. The van der Waals surface area contributed by atoms with Crippen LogP contribution in [-0.2, 0) is 13.3 Å². The highest BCUT2D eigenvalue weighted by Gasteiger charge is 2.30. The lowest BCUT2D eigenvalue weighted by Gasteiger charge is -2.32. The first-order valence-electron chi connectivity index (χ1n) is 20.3. The fourth-order valence-corrected chi connectivity index (χ4v) is 8.08. The Morgan fingerprint density at radius 1 is 0.400 bits per heavy atom. The molecule has 0 bridgehead atoms. The maximum absolute atomic E-state index is 6.39. The van der Waals surface area contributed by atoms with Crippen molar-refractivity contribution in [2.45, 2.75) is 224 Å². The molecule has 0 saturated carbocycles. The molecule has 0 radical (unpaired) electrons. The summed E-state index contributed by atoms with van der Waals surface area (Å²) in [5.41, 5.74) is 0. The van der Waals surface area contributed by atoms with Gasteiger partial charge in [-0.05, 0) is 38.0 Å². The van der Waals surface area contributed by atoms with Crippen molar-refractivity contribution in [1.82, 2.24) is 0 Å². The average Bonchev–Trinajstić information content (AvgIpc) is 3.04. The van der Waals surface area contributed by atoms with Crippen LogP contribution in [0.5, 0.6) is 0 Å². The van der Waals surface area contributed by atoms with Crippen LogP contribution in [0.1, 0.15) is 220 Å².